The highest BCUT2D eigenvalue weighted by atomic mass is 16.6. The number of hydrogen-bond donors (Lipinski definition) is 2. The number of tetrazole rings is 1. The number of aryl methyl sites for hydroxylation is 1. The van der Waals surface area contributed by atoms with Crippen molar-refractivity contribution in [2.45, 2.75) is 70.1 Å². The van der Waals surface area contributed by atoms with Crippen LogP contribution >= 0.6 is 0 Å². The predicted molar refractivity (Wildman–Crippen MR) is 141 cm³/mol. The number of nitrogens with zero attached hydrogens (tertiary/aromatic N) is 9. The molecule has 3 aromatic heterocycles. The van der Waals surface area contributed by atoms with E-state index in [2.05, 4.69) is 49.8 Å². The Morgan fingerprint density at radius 2 is 1.88 bits per heavy atom. The molecule has 3 aromatic rings. The van der Waals surface area contributed by atoms with E-state index in [1.54, 1.807) is 17.9 Å². The third-order valence-corrected chi connectivity index (χ3v) is 7.32. The summed E-state index contributed by atoms with van der Waals surface area (Å²) in [6, 6.07) is 0.187. The second kappa shape index (κ2) is 12.5. The van der Waals surface area contributed by atoms with Crippen molar-refractivity contribution in [2.24, 2.45) is 7.05 Å². The summed E-state index contributed by atoms with van der Waals surface area (Å²) < 4.78 is 18.6. The van der Waals surface area contributed by atoms with Crippen molar-refractivity contribution in [1.82, 2.24) is 44.6 Å². The van der Waals surface area contributed by atoms with Gasteiger partial charge in [-0.3, -0.25) is 14.2 Å². The molecule has 0 bridgehead atoms. The van der Waals surface area contributed by atoms with Crippen molar-refractivity contribution in [3.63, 3.8) is 0 Å². The number of likely N-dealkylation sites (tertiary alicyclic amines) is 1. The predicted octanol–water partition coefficient (Wildman–Crippen LogP) is 0.811. The molecule has 0 radical (unpaired) electrons. The Morgan fingerprint density at radius 3 is 2.55 bits per heavy atom. The first kappa shape index (κ1) is 27.6. The Hall–Kier alpha value is -3.92. The van der Waals surface area contributed by atoms with E-state index >= 15 is 0 Å². The standard InChI is InChI=1S/C24H35N11O5/c1-4-15(5-2)27-20-16-22(29-24(28-20)25-8-11-34-9-6-7-10-34)35(12-26-16)23-19(39-14-37)17(38-13-36)18(40-23)21-30-32-33(3)31-21/h12-15,17-19,23H,4-11H2,1-3H3,(H2,25,27,28,29)/t17-,18-,19+,23+/m0/s1. The highest BCUT2D eigenvalue weighted by Gasteiger charge is 2.52. The topological polar surface area (TPSA) is 176 Å². The average molecular weight is 558 g/mol. The lowest BCUT2D eigenvalue weighted by molar-refractivity contribution is -0.151. The summed E-state index contributed by atoms with van der Waals surface area (Å²) >= 11 is 0. The molecular weight excluding hydrogens is 522 g/mol. The summed E-state index contributed by atoms with van der Waals surface area (Å²) in [5.41, 5.74) is 0.980. The number of anilines is 2. The zero-order valence-electron chi connectivity index (χ0n) is 22.8. The molecule has 2 N–H and O–H groups in total. The number of rotatable bonds is 14. The van der Waals surface area contributed by atoms with Crippen molar-refractivity contribution in [3.05, 3.63) is 12.2 Å². The van der Waals surface area contributed by atoms with Crippen LogP contribution < -0.4 is 10.6 Å². The van der Waals surface area contributed by atoms with Gasteiger partial charge in [0.05, 0.1) is 13.4 Å². The number of imidazole rings is 1. The molecule has 0 unspecified atom stereocenters. The van der Waals surface area contributed by atoms with Crippen molar-refractivity contribution in [2.75, 3.05) is 36.8 Å². The Bertz CT molecular complexity index is 1290. The maximum absolute atomic E-state index is 11.5. The minimum atomic E-state index is -1.04. The Morgan fingerprint density at radius 1 is 1.12 bits per heavy atom. The summed E-state index contributed by atoms with van der Waals surface area (Å²) in [7, 11) is 1.60. The molecule has 0 saturated carbocycles. The van der Waals surface area contributed by atoms with E-state index in [9.17, 15) is 9.59 Å². The average Bonchev–Trinajstić information content (AvgIpc) is 3.76. The number of aromatic nitrogens is 8. The lowest BCUT2D eigenvalue weighted by atomic mass is 10.1. The fourth-order valence-electron chi connectivity index (χ4n) is 5.21. The molecule has 5 heterocycles. The van der Waals surface area contributed by atoms with Crippen LogP contribution in [0.5, 0.6) is 0 Å². The third-order valence-electron chi connectivity index (χ3n) is 7.32. The first-order chi connectivity index (χ1) is 19.6. The Balaban J connectivity index is 1.51. The smallest absolute Gasteiger partial charge is 0.293 e. The van der Waals surface area contributed by atoms with Crippen LogP contribution in [0.15, 0.2) is 6.33 Å². The zero-order valence-corrected chi connectivity index (χ0v) is 22.8. The van der Waals surface area contributed by atoms with Gasteiger partial charge in [-0.25, -0.2) is 4.98 Å². The van der Waals surface area contributed by atoms with E-state index < -0.39 is 24.5 Å². The van der Waals surface area contributed by atoms with Gasteiger partial charge in [-0.2, -0.15) is 14.8 Å². The first-order valence-corrected chi connectivity index (χ1v) is 13.6. The molecule has 2 saturated heterocycles. The van der Waals surface area contributed by atoms with Crippen LogP contribution in [0.4, 0.5) is 11.8 Å². The van der Waals surface area contributed by atoms with Crippen LogP contribution in [0, 0.1) is 0 Å². The molecule has 16 heteroatoms. The SMILES string of the molecule is CCC(CC)Nc1nc(NCCN2CCCC2)nc2c1ncn2[C@@H]1O[C@H](c2nnn(C)n2)[C@H](OC=O)[C@H]1OC=O. The fraction of sp³-hybridized carbons (Fsp3) is 0.667. The third kappa shape index (κ3) is 5.67. The van der Waals surface area contributed by atoms with Crippen molar-refractivity contribution < 1.29 is 23.8 Å². The van der Waals surface area contributed by atoms with Gasteiger partial charge in [-0.15, -0.1) is 10.2 Å². The van der Waals surface area contributed by atoms with E-state index in [-0.39, 0.29) is 24.8 Å². The van der Waals surface area contributed by atoms with Gasteiger partial charge < -0.3 is 29.7 Å². The van der Waals surface area contributed by atoms with Gasteiger partial charge in [0.2, 0.25) is 11.8 Å². The monoisotopic (exact) mass is 557 g/mol. The van der Waals surface area contributed by atoms with Gasteiger partial charge in [0, 0.05) is 19.1 Å². The highest BCUT2D eigenvalue weighted by molar-refractivity contribution is 5.84. The number of carbonyl (C=O) groups excluding carboxylic acids is 2. The lowest BCUT2D eigenvalue weighted by Crippen LogP contribution is -2.34. The van der Waals surface area contributed by atoms with Crippen LogP contribution in [-0.2, 0) is 30.8 Å². The number of ether oxygens (including phenoxy) is 3. The molecule has 40 heavy (non-hydrogen) atoms. The molecule has 2 aliphatic rings. The maximum Gasteiger partial charge on any atom is 0.293 e. The second-order valence-electron chi connectivity index (χ2n) is 9.83. The summed E-state index contributed by atoms with van der Waals surface area (Å²) in [5.74, 6) is 1.19. The van der Waals surface area contributed by atoms with E-state index in [1.165, 1.54) is 17.6 Å². The minimum absolute atomic E-state index is 0.177. The lowest BCUT2D eigenvalue weighted by Gasteiger charge is -2.21. The highest BCUT2D eigenvalue weighted by Crippen LogP contribution is 2.42. The first-order valence-electron chi connectivity index (χ1n) is 13.6. The normalized spacial score (nSPS) is 23.1. The summed E-state index contributed by atoms with van der Waals surface area (Å²) in [4.78, 5) is 40.7. The van der Waals surface area contributed by atoms with Crippen LogP contribution in [0.25, 0.3) is 11.2 Å². The van der Waals surface area contributed by atoms with Gasteiger partial charge in [0.1, 0.15) is 0 Å². The van der Waals surface area contributed by atoms with Crippen LogP contribution in [-0.4, -0.2) is 102 Å². The van der Waals surface area contributed by atoms with Crippen LogP contribution in [0.3, 0.4) is 0 Å². The molecule has 4 atom stereocenters. The molecule has 216 valence electrons. The van der Waals surface area contributed by atoms with E-state index in [4.69, 9.17) is 24.2 Å². The largest absolute Gasteiger partial charge is 0.457 e. The number of carbonyl (C=O) groups is 2. The van der Waals surface area contributed by atoms with Crippen LogP contribution in [0.1, 0.15) is 57.7 Å². The maximum atomic E-state index is 11.5. The Labute approximate surface area is 230 Å². The number of nitrogens with one attached hydrogen (secondary N) is 2. The molecule has 0 aromatic carbocycles. The van der Waals surface area contributed by atoms with Gasteiger partial charge in [0.25, 0.3) is 12.9 Å². The van der Waals surface area contributed by atoms with E-state index in [1.807, 2.05) is 0 Å². The molecule has 0 amide bonds. The summed E-state index contributed by atoms with van der Waals surface area (Å²) in [6.07, 6.45) is 1.81. The number of hydrogen-bond acceptors (Lipinski definition) is 14. The summed E-state index contributed by atoms with van der Waals surface area (Å²) in [6.45, 7) is 8.52. The van der Waals surface area contributed by atoms with Gasteiger partial charge in [0.15, 0.2) is 41.5 Å². The zero-order chi connectivity index (χ0) is 28.1. The molecule has 0 spiro atoms. The van der Waals surface area contributed by atoms with E-state index in [0.717, 1.165) is 32.5 Å². The fourth-order valence-corrected chi connectivity index (χ4v) is 5.21. The summed E-state index contributed by atoms with van der Waals surface area (Å²) in [5, 5.41) is 18.9. The van der Waals surface area contributed by atoms with Crippen molar-refractivity contribution >= 4 is 35.9 Å². The van der Waals surface area contributed by atoms with Crippen molar-refractivity contribution in [1.29, 1.82) is 0 Å². The number of fused-ring (bicyclic) bond motifs is 1. The van der Waals surface area contributed by atoms with Crippen molar-refractivity contribution in [3.8, 4) is 0 Å². The molecule has 0 aliphatic carbocycles. The van der Waals surface area contributed by atoms with Gasteiger partial charge >= 0.3 is 0 Å². The van der Waals surface area contributed by atoms with Gasteiger partial charge in [-0.1, -0.05) is 13.8 Å². The quantitative estimate of drug-likeness (QED) is 0.266. The molecular formula is C24H35N11O5. The molecule has 16 nitrogen and oxygen atoms in total. The van der Waals surface area contributed by atoms with Crippen LogP contribution in [0.2, 0.25) is 0 Å². The molecule has 5 rings (SSSR count). The minimum Gasteiger partial charge on any atom is -0.457 e. The second-order valence-corrected chi connectivity index (χ2v) is 9.83. The molecule has 2 fully saturated rings. The van der Waals surface area contributed by atoms with E-state index in [0.29, 0.717) is 29.5 Å². The van der Waals surface area contributed by atoms with Gasteiger partial charge in [-0.05, 0) is 44.0 Å². The molecule has 2 aliphatic heterocycles. The Kier molecular flexibility index (Phi) is 8.64.